The van der Waals surface area contributed by atoms with Crippen molar-refractivity contribution < 1.29 is 0 Å². The molecule has 2 aliphatic carbocycles. The van der Waals surface area contributed by atoms with Crippen LogP contribution in [0.15, 0.2) is 11.1 Å². The van der Waals surface area contributed by atoms with E-state index in [4.69, 9.17) is 0 Å². The lowest BCUT2D eigenvalue weighted by Crippen LogP contribution is -2.27. The second kappa shape index (κ2) is 3.72. The molecule has 0 bridgehead atoms. The van der Waals surface area contributed by atoms with Gasteiger partial charge in [0.05, 0.1) is 0 Å². The molecule has 0 spiro atoms. The van der Waals surface area contributed by atoms with Crippen molar-refractivity contribution in [1.29, 1.82) is 0 Å². The van der Waals surface area contributed by atoms with Crippen LogP contribution in [0.1, 0.15) is 65.7 Å². The van der Waals surface area contributed by atoms with Crippen molar-refractivity contribution in [2.24, 2.45) is 11.3 Å². The van der Waals surface area contributed by atoms with Crippen molar-refractivity contribution in [3.05, 3.63) is 11.1 Å². The summed E-state index contributed by atoms with van der Waals surface area (Å²) in [7, 11) is 0. The third kappa shape index (κ3) is 1.89. The molecule has 0 aromatic rings. The number of rotatable bonds is 0. The first-order valence-corrected chi connectivity index (χ1v) is 6.30. The third-order valence-electron chi connectivity index (χ3n) is 4.07. The van der Waals surface area contributed by atoms with E-state index in [1.54, 1.807) is 0 Å². The van der Waals surface area contributed by atoms with Crippen molar-refractivity contribution in [2.75, 3.05) is 0 Å². The van der Waals surface area contributed by atoms with Crippen LogP contribution >= 0.6 is 0 Å². The molecule has 0 aliphatic heterocycles. The molecule has 0 heteroatoms. The molecular formula is C14H24. The highest BCUT2D eigenvalue weighted by atomic mass is 14.4. The highest BCUT2D eigenvalue weighted by molar-refractivity contribution is 5.23. The quantitative estimate of drug-likeness (QED) is 0.488. The SMILES string of the molecule is CC(C)(C)C1CCCC2=C1CCCC2. The zero-order valence-corrected chi connectivity index (χ0v) is 10.0. The lowest BCUT2D eigenvalue weighted by Gasteiger charge is -2.39. The highest BCUT2D eigenvalue weighted by Crippen LogP contribution is 2.46. The van der Waals surface area contributed by atoms with Crippen LogP contribution in [0.2, 0.25) is 0 Å². The average Bonchev–Trinajstić information content (AvgIpc) is 2.15. The van der Waals surface area contributed by atoms with Gasteiger partial charge in [0.25, 0.3) is 0 Å². The highest BCUT2D eigenvalue weighted by Gasteiger charge is 2.32. The van der Waals surface area contributed by atoms with Crippen LogP contribution in [0, 0.1) is 11.3 Å². The van der Waals surface area contributed by atoms with Gasteiger partial charge in [0.2, 0.25) is 0 Å². The summed E-state index contributed by atoms with van der Waals surface area (Å²) < 4.78 is 0. The first kappa shape index (κ1) is 10.3. The van der Waals surface area contributed by atoms with Crippen molar-refractivity contribution in [3.63, 3.8) is 0 Å². The number of hydrogen-bond acceptors (Lipinski definition) is 0. The smallest absolute Gasteiger partial charge is 0.0152 e. The topological polar surface area (TPSA) is 0 Å². The van der Waals surface area contributed by atoms with Gasteiger partial charge in [0.1, 0.15) is 0 Å². The second-order valence-electron chi connectivity index (χ2n) is 6.15. The standard InChI is InChI=1S/C14H24/c1-14(2,3)13-10-6-8-11-7-4-5-9-12(11)13/h13H,4-10H2,1-3H3. The van der Waals surface area contributed by atoms with Gasteiger partial charge in [0.15, 0.2) is 0 Å². The maximum atomic E-state index is 2.42. The van der Waals surface area contributed by atoms with Gasteiger partial charge in [-0.05, 0) is 56.3 Å². The Kier molecular flexibility index (Phi) is 2.72. The molecule has 1 atom stereocenters. The molecule has 0 saturated carbocycles. The van der Waals surface area contributed by atoms with Crippen LogP contribution in [0.3, 0.4) is 0 Å². The lowest BCUT2D eigenvalue weighted by molar-refractivity contribution is 0.237. The molecule has 1 unspecified atom stereocenters. The Morgan fingerprint density at radius 1 is 0.929 bits per heavy atom. The molecular weight excluding hydrogens is 168 g/mol. The minimum absolute atomic E-state index is 0.498. The van der Waals surface area contributed by atoms with E-state index in [0.717, 1.165) is 5.92 Å². The Hall–Kier alpha value is -0.260. The maximum absolute atomic E-state index is 2.42. The van der Waals surface area contributed by atoms with Gasteiger partial charge in [0, 0.05) is 0 Å². The van der Waals surface area contributed by atoms with E-state index in [2.05, 4.69) is 20.8 Å². The van der Waals surface area contributed by atoms with Crippen LogP contribution in [-0.4, -0.2) is 0 Å². The predicted octanol–water partition coefficient (Wildman–Crippen LogP) is 4.70. The molecule has 2 rings (SSSR count). The molecule has 80 valence electrons. The van der Waals surface area contributed by atoms with Gasteiger partial charge >= 0.3 is 0 Å². The molecule has 0 radical (unpaired) electrons. The maximum Gasteiger partial charge on any atom is -0.0152 e. The van der Waals surface area contributed by atoms with Gasteiger partial charge in [-0.3, -0.25) is 0 Å². The Bertz CT molecular complexity index is 235. The monoisotopic (exact) mass is 192 g/mol. The first-order chi connectivity index (χ1) is 6.59. The molecule has 0 N–H and O–H groups in total. The summed E-state index contributed by atoms with van der Waals surface area (Å²) in [5.41, 5.74) is 4.22. The van der Waals surface area contributed by atoms with Gasteiger partial charge in [-0.1, -0.05) is 31.9 Å². The molecule has 0 heterocycles. The molecule has 0 saturated heterocycles. The Morgan fingerprint density at radius 2 is 1.57 bits per heavy atom. The van der Waals surface area contributed by atoms with Crippen molar-refractivity contribution in [2.45, 2.75) is 65.7 Å². The van der Waals surface area contributed by atoms with E-state index in [0.29, 0.717) is 5.41 Å². The molecule has 0 fully saturated rings. The van der Waals surface area contributed by atoms with Crippen LogP contribution in [0.4, 0.5) is 0 Å². The van der Waals surface area contributed by atoms with Crippen LogP contribution in [-0.2, 0) is 0 Å². The van der Waals surface area contributed by atoms with Gasteiger partial charge in [-0.25, -0.2) is 0 Å². The Labute approximate surface area is 88.8 Å². The zero-order chi connectivity index (χ0) is 10.2. The lowest BCUT2D eigenvalue weighted by atomic mass is 9.66. The van der Waals surface area contributed by atoms with E-state index >= 15 is 0 Å². The van der Waals surface area contributed by atoms with E-state index in [1.165, 1.54) is 44.9 Å². The molecule has 2 aliphatic rings. The largest absolute Gasteiger partial charge is 0.0707 e. The fourth-order valence-corrected chi connectivity index (χ4v) is 3.35. The van der Waals surface area contributed by atoms with Gasteiger partial charge in [-0.15, -0.1) is 0 Å². The summed E-state index contributed by atoms with van der Waals surface area (Å²) in [5, 5.41) is 0. The van der Waals surface area contributed by atoms with Crippen LogP contribution in [0.25, 0.3) is 0 Å². The van der Waals surface area contributed by atoms with Crippen molar-refractivity contribution in [1.82, 2.24) is 0 Å². The second-order valence-corrected chi connectivity index (χ2v) is 6.15. The van der Waals surface area contributed by atoms with Crippen molar-refractivity contribution in [3.8, 4) is 0 Å². The molecule has 0 nitrogen and oxygen atoms in total. The van der Waals surface area contributed by atoms with E-state index in [1.807, 2.05) is 11.1 Å². The third-order valence-corrected chi connectivity index (χ3v) is 4.07. The number of hydrogen-bond donors (Lipinski definition) is 0. The van der Waals surface area contributed by atoms with E-state index < -0.39 is 0 Å². The van der Waals surface area contributed by atoms with E-state index in [-0.39, 0.29) is 0 Å². The zero-order valence-electron chi connectivity index (χ0n) is 10.0. The summed E-state index contributed by atoms with van der Waals surface area (Å²) in [5.74, 6) is 0.895. The summed E-state index contributed by atoms with van der Waals surface area (Å²) in [6, 6.07) is 0. The first-order valence-electron chi connectivity index (χ1n) is 6.30. The van der Waals surface area contributed by atoms with Crippen LogP contribution in [0.5, 0.6) is 0 Å². The Morgan fingerprint density at radius 3 is 2.29 bits per heavy atom. The van der Waals surface area contributed by atoms with Gasteiger partial charge < -0.3 is 0 Å². The number of allylic oxidation sites excluding steroid dienone is 2. The fraction of sp³-hybridized carbons (Fsp3) is 0.857. The van der Waals surface area contributed by atoms with Crippen molar-refractivity contribution >= 4 is 0 Å². The molecule has 0 aromatic heterocycles. The van der Waals surface area contributed by atoms with E-state index in [9.17, 15) is 0 Å². The normalized spacial score (nSPS) is 28.9. The predicted molar refractivity (Wildman–Crippen MR) is 62.3 cm³/mol. The molecule has 0 aromatic carbocycles. The summed E-state index contributed by atoms with van der Waals surface area (Å²) in [4.78, 5) is 0. The van der Waals surface area contributed by atoms with Gasteiger partial charge in [-0.2, -0.15) is 0 Å². The van der Waals surface area contributed by atoms with Crippen LogP contribution < -0.4 is 0 Å². The minimum atomic E-state index is 0.498. The molecule has 14 heavy (non-hydrogen) atoms. The fourth-order valence-electron chi connectivity index (χ4n) is 3.35. The minimum Gasteiger partial charge on any atom is -0.0707 e. The molecule has 0 amide bonds. The Balaban J connectivity index is 2.25. The summed E-state index contributed by atoms with van der Waals surface area (Å²) >= 11 is 0. The summed E-state index contributed by atoms with van der Waals surface area (Å²) in [6.07, 6.45) is 10.0. The average molecular weight is 192 g/mol. The summed E-state index contributed by atoms with van der Waals surface area (Å²) in [6.45, 7) is 7.26.